The molecule has 0 saturated heterocycles. The number of hydrogen-bond acceptors (Lipinski definition) is 5. The zero-order valence-corrected chi connectivity index (χ0v) is 11.4. The summed E-state index contributed by atoms with van der Waals surface area (Å²) < 4.78 is 0. The quantitative estimate of drug-likeness (QED) is 0.765. The zero-order chi connectivity index (χ0) is 13.2. The number of pyridine rings is 1. The zero-order valence-electron chi connectivity index (χ0n) is 10.6. The standard InChI is InChI=1S/C13H15N5S/c1-2-8(5-14)11-7-19-13(17-11)9-3-4-15-12-10(9)6-16-18-12/h3-4,6-8H,2,5,14H2,1H3,(H,15,16,18). The Hall–Kier alpha value is -1.79. The van der Waals surface area contributed by atoms with Crippen LogP contribution in [0.3, 0.4) is 0 Å². The highest BCUT2D eigenvalue weighted by Crippen LogP contribution is 2.31. The van der Waals surface area contributed by atoms with Crippen LogP contribution in [0.2, 0.25) is 0 Å². The third-order valence-electron chi connectivity index (χ3n) is 3.30. The molecule has 0 radical (unpaired) electrons. The summed E-state index contributed by atoms with van der Waals surface area (Å²) >= 11 is 1.64. The number of nitrogens with one attached hydrogen (secondary N) is 1. The van der Waals surface area contributed by atoms with Crippen molar-refractivity contribution in [1.82, 2.24) is 20.2 Å². The summed E-state index contributed by atoms with van der Waals surface area (Å²) in [6.07, 6.45) is 4.58. The molecule has 3 aromatic rings. The predicted octanol–water partition coefficient (Wildman–Crippen LogP) is 2.53. The van der Waals surface area contributed by atoms with Crippen LogP contribution in [0.25, 0.3) is 21.6 Å². The summed E-state index contributed by atoms with van der Waals surface area (Å²) in [4.78, 5) is 8.96. The number of rotatable bonds is 4. The molecule has 3 heterocycles. The number of aromatic amines is 1. The lowest BCUT2D eigenvalue weighted by molar-refractivity contribution is 0.659. The van der Waals surface area contributed by atoms with Crippen molar-refractivity contribution in [2.75, 3.05) is 6.54 Å². The molecule has 5 nitrogen and oxygen atoms in total. The number of nitrogens with two attached hydrogens (primary N) is 1. The average Bonchev–Trinajstić information content (AvgIpc) is 3.08. The summed E-state index contributed by atoms with van der Waals surface area (Å²) in [5, 5.41) is 11.0. The van der Waals surface area contributed by atoms with Crippen LogP contribution in [0.4, 0.5) is 0 Å². The first-order valence-electron chi connectivity index (χ1n) is 6.27. The number of nitrogens with zero attached hydrogens (tertiary/aromatic N) is 3. The van der Waals surface area contributed by atoms with Crippen LogP contribution in [0.1, 0.15) is 25.0 Å². The van der Waals surface area contributed by atoms with E-state index in [0.717, 1.165) is 33.7 Å². The van der Waals surface area contributed by atoms with Gasteiger partial charge in [-0.15, -0.1) is 11.3 Å². The smallest absolute Gasteiger partial charge is 0.155 e. The van der Waals surface area contributed by atoms with Gasteiger partial charge in [-0.25, -0.2) is 9.97 Å². The number of aromatic nitrogens is 4. The Morgan fingerprint density at radius 2 is 2.37 bits per heavy atom. The first-order chi connectivity index (χ1) is 9.33. The maximum Gasteiger partial charge on any atom is 0.155 e. The molecule has 0 aliphatic carbocycles. The van der Waals surface area contributed by atoms with Crippen molar-refractivity contribution in [3.05, 3.63) is 29.5 Å². The van der Waals surface area contributed by atoms with Gasteiger partial charge in [-0.1, -0.05) is 6.92 Å². The van der Waals surface area contributed by atoms with Crippen molar-refractivity contribution in [2.24, 2.45) is 5.73 Å². The second-order valence-corrected chi connectivity index (χ2v) is 5.27. The number of H-pyrrole nitrogens is 1. The van der Waals surface area contributed by atoms with Gasteiger partial charge in [0, 0.05) is 35.0 Å². The fourth-order valence-corrected chi connectivity index (χ4v) is 3.07. The molecule has 0 saturated carbocycles. The minimum absolute atomic E-state index is 0.340. The van der Waals surface area contributed by atoms with Gasteiger partial charge in [0.25, 0.3) is 0 Å². The highest BCUT2D eigenvalue weighted by Gasteiger charge is 2.14. The molecule has 98 valence electrons. The van der Waals surface area contributed by atoms with Crippen molar-refractivity contribution in [2.45, 2.75) is 19.3 Å². The first-order valence-corrected chi connectivity index (χ1v) is 7.15. The van der Waals surface area contributed by atoms with E-state index in [1.807, 2.05) is 6.07 Å². The lowest BCUT2D eigenvalue weighted by Gasteiger charge is -2.07. The Morgan fingerprint density at radius 1 is 1.47 bits per heavy atom. The van der Waals surface area contributed by atoms with Crippen LogP contribution in [-0.4, -0.2) is 26.7 Å². The molecule has 3 N–H and O–H groups in total. The van der Waals surface area contributed by atoms with Crippen LogP contribution < -0.4 is 5.73 Å². The molecule has 0 aliphatic rings. The highest BCUT2D eigenvalue weighted by molar-refractivity contribution is 7.13. The van der Waals surface area contributed by atoms with E-state index in [0.29, 0.717) is 12.5 Å². The molecular weight excluding hydrogens is 258 g/mol. The van der Waals surface area contributed by atoms with Crippen LogP contribution in [0.5, 0.6) is 0 Å². The summed E-state index contributed by atoms with van der Waals surface area (Å²) in [5.41, 5.74) is 8.72. The molecule has 1 unspecified atom stereocenters. The van der Waals surface area contributed by atoms with E-state index in [1.165, 1.54) is 0 Å². The van der Waals surface area contributed by atoms with Gasteiger partial charge in [-0.3, -0.25) is 5.10 Å². The molecule has 0 spiro atoms. The molecular formula is C13H15N5S. The van der Waals surface area contributed by atoms with Gasteiger partial charge in [0.2, 0.25) is 0 Å². The predicted molar refractivity (Wildman–Crippen MR) is 77.1 cm³/mol. The van der Waals surface area contributed by atoms with Crippen molar-refractivity contribution in [1.29, 1.82) is 0 Å². The van der Waals surface area contributed by atoms with E-state index in [4.69, 9.17) is 10.7 Å². The van der Waals surface area contributed by atoms with Crippen molar-refractivity contribution in [3.63, 3.8) is 0 Å². The number of fused-ring (bicyclic) bond motifs is 1. The van der Waals surface area contributed by atoms with Gasteiger partial charge in [0.1, 0.15) is 5.01 Å². The third-order valence-corrected chi connectivity index (χ3v) is 4.20. The Labute approximate surface area is 114 Å². The lowest BCUT2D eigenvalue weighted by atomic mass is 10.0. The molecule has 0 fully saturated rings. The van der Waals surface area contributed by atoms with E-state index in [2.05, 4.69) is 27.5 Å². The Morgan fingerprint density at radius 3 is 3.16 bits per heavy atom. The summed E-state index contributed by atoms with van der Waals surface area (Å²) in [7, 11) is 0. The molecule has 0 aromatic carbocycles. The average molecular weight is 273 g/mol. The van der Waals surface area contributed by atoms with Crippen LogP contribution >= 0.6 is 11.3 Å². The van der Waals surface area contributed by atoms with E-state index in [1.54, 1.807) is 23.7 Å². The SMILES string of the molecule is CCC(CN)c1csc(-c2ccnc3[nH]ncc23)n1. The second kappa shape index (κ2) is 5.07. The van der Waals surface area contributed by atoms with Gasteiger partial charge in [0.05, 0.1) is 11.9 Å². The first kappa shape index (κ1) is 12.3. The molecule has 0 bridgehead atoms. The van der Waals surface area contributed by atoms with Gasteiger partial charge >= 0.3 is 0 Å². The van der Waals surface area contributed by atoms with Gasteiger partial charge in [-0.2, -0.15) is 5.10 Å². The Balaban J connectivity index is 2.05. The van der Waals surface area contributed by atoms with Crippen molar-refractivity contribution in [3.8, 4) is 10.6 Å². The number of hydrogen-bond donors (Lipinski definition) is 2. The largest absolute Gasteiger partial charge is 0.330 e. The van der Waals surface area contributed by atoms with Crippen LogP contribution in [0.15, 0.2) is 23.8 Å². The molecule has 19 heavy (non-hydrogen) atoms. The molecule has 1 atom stereocenters. The van der Waals surface area contributed by atoms with Crippen molar-refractivity contribution < 1.29 is 0 Å². The van der Waals surface area contributed by atoms with Crippen LogP contribution in [-0.2, 0) is 0 Å². The Kier molecular flexibility index (Phi) is 3.27. The van der Waals surface area contributed by atoms with E-state index < -0.39 is 0 Å². The Bertz CT molecular complexity index is 683. The molecule has 0 aliphatic heterocycles. The van der Waals surface area contributed by atoms with Crippen LogP contribution in [0, 0.1) is 0 Å². The minimum Gasteiger partial charge on any atom is -0.330 e. The third kappa shape index (κ3) is 2.13. The molecule has 0 amide bonds. The van der Waals surface area contributed by atoms with E-state index >= 15 is 0 Å². The van der Waals surface area contributed by atoms with Gasteiger partial charge in [0.15, 0.2) is 5.65 Å². The van der Waals surface area contributed by atoms with Gasteiger partial charge in [-0.05, 0) is 12.5 Å². The van der Waals surface area contributed by atoms with Crippen molar-refractivity contribution >= 4 is 22.4 Å². The highest BCUT2D eigenvalue weighted by atomic mass is 32.1. The fourth-order valence-electron chi connectivity index (χ4n) is 2.13. The molecule has 6 heteroatoms. The normalized spacial score (nSPS) is 12.9. The maximum atomic E-state index is 5.78. The lowest BCUT2D eigenvalue weighted by Crippen LogP contribution is -2.11. The topological polar surface area (TPSA) is 80.5 Å². The second-order valence-electron chi connectivity index (χ2n) is 4.41. The molecule has 3 rings (SSSR count). The minimum atomic E-state index is 0.340. The van der Waals surface area contributed by atoms with E-state index in [-0.39, 0.29) is 0 Å². The summed E-state index contributed by atoms with van der Waals surface area (Å²) in [5.74, 6) is 0.340. The van der Waals surface area contributed by atoms with Gasteiger partial charge < -0.3 is 5.73 Å². The molecule has 3 aromatic heterocycles. The monoisotopic (exact) mass is 273 g/mol. The summed E-state index contributed by atoms with van der Waals surface area (Å²) in [6, 6.07) is 1.98. The van der Waals surface area contributed by atoms with E-state index in [9.17, 15) is 0 Å². The number of thiazole rings is 1. The maximum absolute atomic E-state index is 5.78. The summed E-state index contributed by atoms with van der Waals surface area (Å²) in [6.45, 7) is 2.77. The fraction of sp³-hybridized carbons (Fsp3) is 0.308.